The number of fused-ring (bicyclic) bond motifs is 1. The minimum absolute atomic E-state index is 0.0811. The van der Waals surface area contributed by atoms with Crippen LogP contribution in [-0.2, 0) is 6.54 Å². The molecule has 1 atom stereocenters. The average Bonchev–Trinajstić information content (AvgIpc) is 2.84. The molecule has 4 rings (SSSR count). The van der Waals surface area contributed by atoms with Gasteiger partial charge >= 0.3 is 0 Å². The minimum Gasteiger partial charge on any atom is -0.328 e. The molecule has 1 aromatic heterocycles. The van der Waals surface area contributed by atoms with Crippen LogP contribution in [0.25, 0.3) is 10.9 Å². The van der Waals surface area contributed by atoms with E-state index in [1.165, 1.54) is 0 Å². The summed E-state index contributed by atoms with van der Waals surface area (Å²) >= 11 is 3.44. The van der Waals surface area contributed by atoms with Gasteiger partial charge in [-0.05, 0) is 54.8 Å². The van der Waals surface area contributed by atoms with Crippen LogP contribution in [-0.4, -0.2) is 26.9 Å². The molecule has 3 aromatic carbocycles. The van der Waals surface area contributed by atoms with Gasteiger partial charge in [-0.3, -0.25) is 14.2 Å². The third kappa shape index (κ3) is 5.12. The Balaban J connectivity index is 1.84. The zero-order valence-electron chi connectivity index (χ0n) is 19.6. The van der Waals surface area contributed by atoms with Crippen LogP contribution in [0.2, 0.25) is 0 Å². The van der Waals surface area contributed by atoms with Gasteiger partial charge in [-0.1, -0.05) is 72.2 Å². The van der Waals surface area contributed by atoms with E-state index in [1.54, 1.807) is 10.6 Å². The van der Waals surface area contributed by atoms with Gasteiger partial charge in [0.25, 0.3) is 11.5 Å². The molecule has 1 amide bonds. The molecule has 0 N–H and O–H groups in total. The molecule has 0 spiro atoms. The van der Waals surface area contributed by atoms with E-state index in [0.717, 1.165) is 10.0 Å². The Morgan fingerprint density at radius 2 is 1.59 bits per heavy atom. The molecule has 5 nitrogen and oxygen atoms in total. The van der Waals surface area contributed by atoms with Crippen molar-refractivity contribution in [3.05, 3.63) is 111 Å². The largest absolute Gasteiger partial charge is 0.328 e. The fourth-order valence-corrected chi connectivity index (χ4v) is 4.40. The number of hydrogen-bond donors (Lipinski definition) is 0. The topological polar surface area (TPSA) is 55.2 Å². The number of carbonyl (C=O) groups excluding carboxylic acids is 1. The standard InChI is InChI=1S/C28H28BrN3O2/c1-19(2)17-31(27(33)22-13-15-23(29)16-14-22)20(3)26-30-25-12-8-7-11-24(25)28(34)32(26)18-21-9-5-4-6-10-21/h4-16,19-20H,17-18H2,1-3H3. The second-order valence-electron chi connectivity index (χ2n) is 8.90. The molecule has 4 aromatic rings. The summed E-state index contributed by atoms with van der Waals surface area (Å²) in [5.41, 5.74) is 2.15. The van der Waals surface area contributed by atoms with Gasteiger partial charge in [0.05, 0.1) is 23.5 Å². The van der Waals surface area contributed by atoms with Crippen molar-refractivity contribution in [3.63, 3.8) is 0 Å². The number of halogens is 1. The first-order valence-electron chi connectivity index (χ1n) is 11.4. The third-order valence-corrected chi connectivity index (χ3v) is 6.36. The molecule has 174 valence electrons. The molecule has 1 heterocycles. The van der Waals surface area contributed by atoms with Crippen molar-refractivity contribution in [2.45, 2.75) is 33.4 Å². The predicted molar refractivity (Wildman–Crippen MR) is 140 cm³/mol. The highest BCUT2D eigenvalue weighted by Crippen LogP contribution is 2.25. The van der Waals surface area contributed by atoms with E-state index in [2.05, 4.69) is 29.8 Å². The molecular formula is C28H28BrN3O2. The van der Waals surface area contributed by atoms with E-state index in [-0.39, 0.29) is 17.4 Å². The molecule has 0 saturated carbocycles. The van der Waals surface area contributed by atoms with Crippen LogP contribution in [0.1, 0.15) is 48.6 Å². The molecule has 1 unspecified atom stereocenters. The summed E-state index contributed by atoms with van der Waals surface area (Å²) in [6, 6.07) is 24.2. The van der Waals surface area contributed by atoms with E-state index < -0.39 is 6.04 Å². The Hall–Kier alpha value is -3.25. The Bertz CT molecular complexity index is 1350. The molecular weight excluding hydrogens is 490 g/mol. The maximum absolute atomic E-state index is 13.6. The third-order valence-electron chi connectivity index (χ3n) is 5.83. The van der Waals surface area contributed by atoms with Crippen molar-refractivity contribution >= 4 is 32.7 Å². The average molecular weight is 518 g/mol. The smallest absolute Gasteiger partial charge is 0.261 e. The van der Waals surface area contributed by atoms with Gasteiger partial charge in [0, 0.05) is 16.6 Å². The van der Waals surface area contributed by atoms with Gasteiger partial charge in [-0.15, -0.1) is 0 Å². The van der Waals surface area contributed by atoms with Gasteiger partial charge in [0.15, 0.2) is 0 Å². The summed E-state index contributed by atoms with van der Waals surface area (Å²) < 4.78 is 2.63. The fourth-order valence-electron chi connectivity index (χ4n) is 4.13. The van der Waals surface area contributed by atoms with Crippen molar-refractivity contribution in [1.29, 1.82) is 0 Å². The monoisotopic (exact) mass is 517 g/mol. The van der Waals surface area contributed by atoms with Crippen molar-refractivity contribution in [2.24, 2.45) is 5.92 Å². The van der Waals surface area contributed by atoms with E-state index in [1.807, 2.05) is 84.6 Å². The first-order chi connectivity index (χ1) is 16.3. The van der Waals surface area contributed by atoms with E-state index in [4.69, 9.17) is 4.98 Å². The van der Waals surface area contributed by atoms with Gasteiger partial charge in [-0.2, -0.15) is 0 Å². The molecule has 6 heteroatoms. The van der Waals surface area contributed by atoms with E-state index >= 15 is 0 Å². The number of amides is 1. The molecule has 0 aliphatic heterocycles. The Kier molecular flexibility index (Phi) is 7.27. The minimum atomic E-state index is -0.403. The number of benzene rings is 3. The maximum atomic E-state index is 13.6. The summed E-state index contributed by atoms with van der Waals surface area (Å²) in [5, 5.41) is 0.573. The molecule has 0 radical (unpaired) electrons. The summed E-state index contributed by atoms with van der Waals surface area (Å²) in [6.07, 6.45) is 0. The SMILES string of the molecule is CC(C)CN(C(=O)c1ccc(Br)cc1)C(C)c1nc2ccccc2c(=O)n1Cc1ccccc1. The van der Waals surface area contributed by atoms with Crippen molar-refractivity contribution in [3.8, 4) is 0 Å². The van der Waals surface area contributed by atoms with Crippen molar-refractivity contribution in [2.75, 3.05) is 6.54 Å². The Morgan fingerprint density at radius 1 is 0.941 bits per heavy atom. The second kappa shape index (κ2) is 10.3. The maximum Gasteiger partial charge on any atom is 0.261 e. The molecule has 0 saturated heterocycles. The number of hydrogen-bond acceptors (Lipinski definition) is 3. The zero-order chi connectivity index (χ0) is 24.2. The van der Waals surface area contributed by atoms with Crippen molar-refractivity contribution < 1.29 is 4.79 Å². The Labute approximate surface area is 208 Å². The van der Waals surface area contributed by atoms with Crippen LogP contribution >= 0.6 is 15.9 Å². The Morgan fingerprint density at radius 3 is 2.26 bits per heavy atom. The molecule has 34 heavy (non-hydrogen) atoms. The predicted octanol–water partition coefficient (Wildman–Crippen LogP) is 6.07. The lowest BCUT2D eigenvalue weighted by atomic mass is 10.1. The molecule has 0 aliphatic carbocycles. The number of para-hydroxylation sites is 1. The van der Waals surface area contributed by atoms with Crippen LogP contribution in [0.5, 0.6) is 0 Å². The van der Waals surface area contributed by atoms with Crippen LogP contribution in [0.4, 0.5) is 0 Å². The number of rotatable bonds is 7. The zero-order valence-corrected chi connectivity index (χ0v) is 21.2. The first kappa shape index (κ1) is 23.9. The lowest BCUT2D eigenvalue weighted by molar-refractivity contribution is 0.0653. The highest BCUT2D eigenvalue weighted by atomic mass is 79.9. The highest BCUT2D eigenvalue weighted by molar-refractivity contribution is 9.10. The van der Waals surface area contributed by atoms with Crippen LogP contribution in [0, 0.1) is 5.92 Å². The second-order valence-corrected chi connectivity index (χ2v) is 9.81. The lowest BCUT2D eigenvalue weighted by Crippen LogP contribution is -2.40. The summed E-state index contributed by atoms with van der Waals surface area (Å²) in [5.74, 6) is 0.748. The number of carbonyl (C=O) groups is 1. The summed E-state index contributed by atoms with van der Waals surface area (Å²) in [6.45, 7) is 7.05. The lowest BCUT2D eigenvalue weighted by Gasteiger charge is -2.32. The van der Waals surface area contributed by atoms with Gasteiger partial charge in [0.1, 0.15) is 5.82 Å². The molecule has 0 aliphatic rings. The molecule has 0 fully saturated rings. The number of nitrogens with zero attached hydrogens (tertiary/aromatic N) is 3. The first-order valence-corrected chi connectivity index (χ1v) is 12.2. The highest BCUT2D eigenvalue weighted by Gasteiger charge is 2.27. The summed E-state index contributed by atoms with van der Waals surface area (Å²) in [4.78, 5) is 34.0. The van der Waals surface area contributed by atoms with Gasteiger partial charge in [-0.25, -0.2) is 4.98 Å². The van der Waals surface area contributed by atoms with Crippen LogP contribution in [0.3, 0.4) is 0 Å². The number of aromatic nitrogens is 2. The van der Waals surface area contributed by atoms with Gasteiger partial charge in [0.2, 0.25) is 0 Å². The van der Waals surface area contributed by atoms with E-state index in [0.29, 0.717) is 35.4 Å². The quantitative estimate of drug-likeness (QED) is 0.299. The summed E-state index contributed by atoms with van der Waals surface area (Å²) in [7, 11) is 0. The normalized spacial score (nSPS) is 12.1. The van der Waals surface area contributed by atoms with Crippen LogP contribution < -0.4 is 5.56 Å². The van der Waals surface area contributed by atoms with Gasteiger partial charge < -0.3 is 4.90 Å². The van der Waals surface area contributed by atoms with Crippen molar-refractivity contribution in [1.82, 2.24) is 14.5 Å². The van der Waals surface area contributed by atoms with E-state index in [9.17, 15) is 9.59 Å². The molecule has 0 bridgehead atoms. The van der Waals surface area contributed by atoms with Crippen LogP contribution in [0.15, 0.2) is 88.1 Å². The fraction of sp³-hybridized carbons (Fsp3) is 0.250.